The van der Waals surface area contributed by atoms with Crippen LogP contribution in [-0.2, 0) is 9.84 Å². The summed E-state index contributed by atoms with van der Waals surface area (Å²) in [6.07, 6.45) is 6.17. The maximum Gasteiger partial charge on any atom is 0.252 e. The minimum absolute atomic E-state index is 0.0343. The van der Waals surface area contributed by atoms with Crippen LogP contribution in [0.25, 0.3) is 21.8 Å². The molecule has 0 saturated carbocycles. The minimum Gasteiger partial charge on any atom is -0.506 e. The van der Waals surface area contributed by atoms with E-state index in [0.717, 1.165) is 45.1 Å². The summed E-state index contributed by atoms with van der Waals surface area (Å²) in [5.74, 6) is -0.586. The third-order valence-electron chi connectivity index (χ3n) is 10.1. The maximum atomic E-state index is 14.1. The molecule has 2 heterocycles. The van der Waals surface area contributed by atoms with Gasteiger partial charge in [-0.05, 0) is 92.0 Å². The molecule has 0 aliphatic carbocycles. The summed E-state index contributed by atoms with van der Waals surface area (Å²) < 4.78 is 33.4. The first kappa shape index (κ1) is 42.3. The molecule has 6 rings (SSSR count). The second-order valence-corrected chi connectivity index (χ2v) is 16.3. The predicted molar refractivity (Wildman–Crippen MR) is 227 cm³/mol. The highest BCUT2D eigenvalue weighted by molar-refractivity contribution is 7.91. The average molecular weight is 821 g/mol. The highest BCUT2D eigenvalue weighted by Crippen LogP contribution is 2.35. The number of aliphatic hydroxyl groups is 1. The molecule has 59 heavy (non-hydrogen) atoms. The zero-order chi connectivity index (χ0) is 42.1. The van der Waals surface area contributed by atoms with Crippen LogP contribution in [0.15, 0.2) is 106 Å². The summed E-state index contributed by atoms with van der Waals surface area (Å²) in [7, 11) is -2.59. The largest absolute Gasteiger partial charge is 0.506 e. The SMILES string of the molecule is COc1cccc(Nc2c(C(N)=O)cnc3c(C)cc(S(=O)(=O)c4cccc(C(=O)NCCCCCCCCNC[C@H](O)c5ccc(O)c6[nH]c(=O)ccc56)c4)cc23)c1. The van der Waals surface area contributed by atoms with Crippen LogP contribution in [0.1, 0.15) is 76.5 Å². The molecule has 0 radical (unpaired) electrons. The van der Waals surface area contributed by atoms with Gasteiger partial charge in [-0.15, -0.1) is 0 Å². The normalized spacial score (nSPS) is 12.1. The number of aromatic nitrogens is 2. The van der Waals surface area contributed by atoms with Gasteiger partial charge in [0.05, 0.1) is 45.3 Å². The number of pyridine rings is 2. The number of aromatic amines is 1. The van der Waals surface area contributed by atoms with E-state index in [1.807, 2.05) is 0 Å². The third-order valence-corrected chi connectivity index (χ3v) is 11.9. The number of primary amides is 1. The Morgan fingerprint density at radius 3 is 2.39 bits per heavy atom. The van der Waals surface area contributed by atoms with Crippen molar-refractivity contribution in [3.63, 3.8) is 0 Å². The van der Waals surface area contributed by atoms with Crippen LogP contribution >= 0.6 is 0 Å². The average Bonchev–Trinajstić information content (AvgIpc) is 3.23. The van der Waals surface area contributed by atoms with Crippen LogP contribution in [0, 0.1) is 6.92 Å². The zero-order valence-electron chi connectivity index (χ0n) is 32.9. The standard InChI is InChI=1S/C44H48N6O8S/c1-27-21-32(24-35-40(27)48-25-36(43(45)54)41(35)49-29-12-10-13-30(23-29)58-2)59(56,57)31-14-9-11-28(22-31)44(55)47-20-8-6-4-3-5-7-19-46-26-38(52)33-15-17-37(51)42-34(33)16-18-39(53)50-42/h9-18,21-25,38,46,51-52H,3-8,19-20,26H2,1-2H3,(H2,45,54)(H,47,55)(H,48,49)(H,50,53)/t38-/m0/s1. The maximum absolute atomic E-state index is 14.1. The second kappa shape index (κ2) is 19.0. The van der Waals surface area contributed by atoms with E-state index in [4.69, 9.17) is 10.5 Å². The summed E-state index contributed by atoms with van der Waals surface area (Å²) >= 11 is 0. The Morgan fingerprint density at radius 2 is 1.63 bits per heavy atom. The van der Waals surface area contributed by atoms with Crippen molar-refractivity contribution in [1.82, 2.24) is 20.6 Å². The van der Waals surface area contributed by atoms with Gasteiger partial charge in [-0.2, -0.15) is 0 Å². The van der Waals surface area contributed by atoms with Gasteiger partial charge < -0.3 is 41.6 Å². The lowest BCUT2D eigenvalue weighted by molar-refractivity contribution is 0.0951. The molecular weight excluding hydrogens is 773 g/mol. The number of carbonyl (C=O) groups excluding carboxylic acids is 2. The number of phenolic OH excluding ortho intramolecular Hbond substituents is 1. The van der Waals surface area contributed by atoms with Crippen molar-refractivity contribution in [1.29, 1.82) is 0 Å². The van der Waals surface area contributed by atoms with Crippen molar-refractivity contribution < 1.29 is 33.0 Å². The van der Waals surface area contributed by atoms with E-state index < -0.39 is 21.8 Å². The molecule has 308 valence electrons. The quantitative estimate of drug-likeness (QED) is 0.0458. The fourth-order valence-corrected chi connectivity index (χ4v) is 8.41. The molecule has 0 saturated heterocycles. The number of unbranched alkanes of at least 4 members (excludes halogenated alkanes) is 5. The number of hydrogen-bond donors (Lipinski definition) is 7. The molecule has 0 unspecified atom stereocenters. The predicted octanol–water partition coefficient (Wildman–Crippen LogP) is 6.17. The van der Waals surface area contributed by atoms with E-state index >= 15 is 0 Å². The molecule has 6 aromatic rings. The number of H-pyrrole nitrogens is 1. The summed E-state index contributed by atoms with van der Waals surface area (Å²) in [5.41, 5.74) is 8.55. The van der Waals surface area contributed by atoms with Crippen molar-refractivity contribution in [2.24, 2.45) is 5.73 Å². The van der Waals surface area contributed by atoms with Crippen LogP contribution < -0.4 is 32.0 Å². The molecule has 2 amide bonds. The monoisotopic (exact) mass is 820 g/mol. The van der Waals surface area contributed by atoms with Gasteiger partial charge in [0.15, 0.2) is 0 Å². The molecule has 0 aliphatic heterocycles. The first-order valence-electron chi connectivity index (χ1n) is 19.4. The number of benzene rings is 4. The molecule has 2 aromatic heterocycles. The van der Waals surface area contributed by atoms with Gasteiger partial charge in [0.25, 0.3) is 11.8 Å². The van der Waals surface area contributed by atoms with Crippen LogP contribution in [0.2, 0.25) is 0 Å². The molecule has 4 aromatic carbocycles. The number of methoxy groups -OCH3 is 1. The van der Waals surface area contributed by atoms with Crippen molar-refractivity contribution in [3.05, 3.63) is 124 Å². The summed E-state index contributed by atoms with van der Waals surface area (Å²) in [6, 6.07) is 22.0. The number of hydrogen-bond acceptors (Lipinski definition) is 11. The van der Waals surface area contributed by atoms with E-state index in [2.05, 4.69) is 25.9 Å². The third kappa shape index (κ3) is 10.1. The molecule has 8 N–H and O–H groups in total. The molecule has 0 bridgehead atoms. The van der Waals surface area contributed by atoms with Gasteiger partial charge in [0.1, 0.15) is 11.5 Å². The Balaban J connectivity index is 0.986. The lowest BCUT2D eigenvalue weighted by Gasteiger charge is -2.16. The van der Waals surface area contributed by atoms with Gasteiger partial charge in [-0.25, -0.2) is 8.42 Å². The number of sulfone groups is 1. The highest BCUT2D eigenvalue weighted by Gasteiger charge is 2.23. The first-order valence-corrected chi connectivity index (χ1v) is 20.9. The summed E-state index contributed by atoms with van der Waals surface area (Å²) in [5, 5.41) is 31.2. The number of nitrogens with one attached hydrogen (secondary N) is 4. The number of aliphatic hydroxyl groups excluding tert-OH is 1. The summed E-state index contributed by atoms with van der Waals surface area (Å²) in [4.78, 5) is 44.2. The Hall–Kier alpha value is -6.29. The van der Waals surface area contributed by atoms with Crippen molar-refractivity contribution in [2.45, 2.75) is 61.3 Å². The minimum atomic E-state index is -4.12. The molecule has 15 heteroatoms. The van der Waals surface area contributed by atoms with Crippen molar-refractivity contribution in [3.8, 4) is 11.5 Å². The van der Waals surface area contributed by atoms with Gasteiger partial charge in [-0.3, -0.25) is 19.4 Å². The Labute approximate surface area is 341 Å². The Kier molecular flexibility index (Phi) is 13.6. The number of anilines is 2. The van der Waals surface area contributed by atoms with Crippen LogP contribution in [0.5, 0.6) is 11.5 Å². The van der Waals surface area contributed by atoms with Crippen LogP contribution in [-0.4, -0.2) is 67.2 Å². The van der Waals surface area contributed by atoms with Crippen molar-refractivity contribution in [2.75, 3.05) is 32.1 Å². The van der Waals surface area contributed by atoms with E-state index in [0.29, 0.717) is 63.1 Å². The lowest BCUT2D eigenvalue weighted by Crippen LogP contribution is -2.24. The Bertz CT molecular complexity index is 2670. The van der Waals surface area contributed by atoms with Gasteiger partial charge in [-0.1, -0.05) is 43.9 Å². The van der Waals surface area contributed by atoms with Gasteiger partial charge >= 0.3 is 0 Å². The number of nitrogens with zero attached hydrogens (tertiary/aromatic N) is 1. The second-order valence-electron chi connectivity index (χ2n) is 14.3. The van der Waals surface area contributed by atoms with E-state index in [9.17, 15) is 33.0 Å². The number of amides is 2. The fourth-order valence-electron chi connectivity index (χ4n) is 6.99. The lowest BCUT2D eigenvalue weighted by atomic mass is 10.0. The van der Waals surface area contributed by atoms with Crippen molar-refractivity contribution >= 4 is 54.8 Å². The van der Waals surface area contributed by atoms with Gasteiger partial charge in [0.2, 0.25) is 15.4 Å². The number of phenols is 1. The molecule has 0 fully saturated rings. The number of rotatable bonds is 19. The molecule has 0 aliphatic rings. The smallest absolute Gasteiger partial charge is 0.252 e. The van der Waals surface area contributed by atoms with E-state index in [1.54, 1.807) is 49.4 Å². The fraction of sp³-hybridized carbons (Fsp3) is 0.273. The van der Waals surface area contributed by atoms with Gasteiger partial charge in [0, 0.05) is 53.4 Å². The Morgan fingerprint density at radius 1 is 0.881 bits per heavy atom. The number of ether oxygens (including phenoxy) is 1. The molecule has 14 nitrogen and oxygen atoms in total. The first-order chi connectivity index (χ1) is 28.4. The van der Waals surface area contributed by atoms with Crippen LogP contribution in [0.3, 0.4) is 0 Å². The van der Waals surface area contributed by atoms with E-state index in [-0.39, 0.29) is 38.1 Å². The van der Waals surface area contributed by atoms with Crippen LogP contribution in [0.4, 0.5) is 11.4 Å². The molecule has 0 spiro atoms. The number of carbonyl (C=O) groups is 2. The number of aromatic hydroxyl groups is 1. The van der Waals surface area contributed by atoms with E-state index in [1.165, 1.54) is 55.8 Å². The topological polar surface area (TPSA) is 226 Å². The molecule has 1 atom stereocenters. The zero-order valence-corrected chi connectivity index (χ0v) is 33.7. The number of fused-ring (bicyclic) bond motifs is 2. The number of aryl methyl sites for hydroxylation is 1. The molecular formula is C44H48N6O8S. The highest BCUT2D eigenvalue weighted by atomic mass is 32.2. The summed E-state index contributed by atoms with van der Waals surface area (Å²) in [6.45, 7) is 3.23. The number of nitrogens with two attached hydrogens (primary N) is 1.